The summed E-state index contributed by atoms with van der Waals surface area (Å²) in [7, 11) is 1.91. The minimum absolute atomic E-state index is 0.0193. The maximum Gasteiger partial charge on any atom is 0.261 e. The third kappa shape index (κ3) is 3.01. The van der Waals surface area contributed by atoms with Gasteiger partial charge in [0.05, 0.1) is 0 Å². The molecule has 1 aromatic rings. The molecule has 0 radical (unpaired) electrons. The van der Waals surface area contributed by atoms with E-state index in [-0.39, 0.29) is 12.0 Å². The average Bonchev–Trinajstić information content (AvgIpc) is 2.80. The first-order valence-corrected chi connectivity index (χ1v) is 6.37. The van der Waals surface area contributed by atoms with E-state index in [0.717, 1.165) is 17.9 Å². The fourth-order valence-electron chi connectivity index (χ4n) is 2.14. The summed E-state index contributed by atoms with van der Waals surface area (Å²) < 4.78 is 5.63. The second-order valence-corrected chi connectivity index (χ2v) is 4.83. The maximum atomic E-state index is 12.0. The highest BCUT2D eigenvalue weighted by atomic mass is 16.5. The number of ether oxygens (including phenoxy) is 1. The van der Waals surface area contributed by atoms with E-state index in [2.05, 4.69) is 17.6 Å². The van der Waals surface area contributed by atoms with Crippen LogP contribution in [0.1, 0.15) is 12.5 Å². The minimum atomic E-state index is -0.371. The number of para-hydroxylation sites is 1. The fourth-order valence-corrected chi connectivity index (χ4v) is 2.14. The van der Waals surface area contributed by atoms with Gasteiger partial charge in [-0.1, -0.05) is 25.1 Å². The van der Waals surface area contributed by atoms with Crippen LogP contribution in [0, 0.1) is 5.92 Å². The fraction of sp³-hybridized carbons (Fsp3) is 0.500. The van der Waals surface area contributed by atoms with Crippen molar-refractivity contribution in [2.45, 2.75) is 19.4 Å². The van der Waals surface area contributed by atoms with Gasteiger partial charge in [-0.25, -0.2) is 0 Å². The molecule has 0 aliphatic carbocycles. The van der Waals surface area contributed by atoms with Crippen LogP contribution in [0.4, 0.5) is 0 Å². The number of benzene rings is 1. The Bertz CT molecular complexity index is 395. The van der Waals surface area contributed by atoms with Gasteiger partial charge in [0, 0.05) is 13.0 Å². The van der Waals surface area contributed by atoms with Gasteiger partial charge in [0.15, 0.2) is 6.10 Å². The maximum absolute atomic E-state index is 12.0. The van der Waals surface area contributed by atoms with Crippen LogP contribution < -0.4 is 15.4 Å². The van der Waals surface area contributed by atoms with Gasteiger partial charge in [0.1, 0.15) is 5.75 Å². The van der Waals surface area contributed by atoms with Crippen LogP contribution in [0.15, 0.2) is 24.3 Å². The van der Waals surface area contributed by atoms with Crippen molar-refractivity contribution in [2.75, 3.05) is 20.1 Å². The lowest BCUT2D eigenvalue weighted by atomic mass is 10.1. The zero-order valence-corrected chi connectivity index (χ0v) is 10.9. The van der Waals surface area contributed by atoms with E-state index in [1.54, 1.807) is 0 Å². The molecule has 4 nitrogen and oxygen atoms in total. The molecular formula is C14H20N2O2. The molecule has 4 heteroatoms. The summed E-state index contributed by atoms with van der Waals surface area (Å²) in [4.78, 5) is 12.0. The molecule has 1 heterocycles. The Morgan fingerprint density at radius 2 is 2.22 bits per heavy atom. The highest BCUT2D eigenvalue weighted by Gasteiger charge is 2.28. The highest BCUT2D eigenvalue weighted by molar-refractivity contribution is 5.82. The van der Waals surface area contributed by atoms with Gasteiger partial charge in [0.25, 0.3) is 5.91 Å². The molecule has 0 spiro atoms. The van der Waals surface area contributed by atoms with Crippen LogP contribution in [-0.4, -0.2) is 32.1 Å². The summed E-state index contributed by atoms with van der Waals surface area (Å²) in [6.45, 7) is 3.67. The molecule has 0 saturated carbocycles. The summed E-state index contributed by atoms with van der Waals surface area (Å²) in [5.74, 6) is 1.23. The second kappa shape index (κ2) is 5.87. The largest absolute Gasteiger partial charge is 0.480 e. The number of nitrogens with one attached hydrogen (secondary N) is 2. The van der Waals surface area contributed by atoms with E-state index in [9.17, 15) is 4.79 Å². The minimum Gasteiger partial charge on any atom is -0.480 e. The number of amides is 1. The number of rotatable bonds is 5. The van der Waals surface area contributed by atoms with Crippen LogP contribution >= 0.6 is 0 Å². The van der Waals surface area contributed by atoms with Crippen molar-refractivity contribution in [1.29, 1.82) is 0 Å². The molecule has 98 valence electrons. The summed E-state index contributed by atoms with van der Waals surface area (Å²) in [5.41, 5.74) is 1.11. The van der Waals surface area contributed by atoms with Gasteiger partial charge < -0.3 is 15.4 Å². The van der Waals surface area contributed by atoms with Crippen molar-refractivity contribution in [3.05, 3.63) is 29.8 Å². The van der Waals surface area contributed by atoms with Gasteiger partial charge in [-0.05, 0) is 31.1 Å². The number of fused-ring (bicyclic) bond motifs is 1. The third-order valence-corrected chi connectivity index (χ3v) is 3.12. The third-order valence-electron chi connectivity index (χ3n) is 3.12. The topological polar surface area (TPSA) is 50.4 Å². The molecule has 18 heavy (non-hydrogen) atoms. The summed E-state index contributed by atoms with van der Waals surface area (Å²) in [5, 5.41) is 6.03. The molecule has 2 N–H and O–H groups in total. The van der Waals surface area contributed by atoms with E-state index < -0.39 is 0 Å². The van der Waals surface area contributed by atoms with Gasteiger partial charge in [-0.3, -0.25) is 4.79 Å². The van der Waals surface area contributed by atoms with Gasteiger partial charge in [0.2, 0.25) is 0 Å². The Hall–Kier alpha value is -1.55. The van der Waals surface area contributed by atoms with E-state index in [4.69, 9.17) is 4.74 Å². The molecule has 1 aliphatic rings. The van der Waals surface area contributed by atoms with Gasteiger partial charge in [-0.15, -0.1) is 0 Å². The quantitative estimate of drug-likeness (QED) is 0.816. The van der Waals surface area contributed by atoms with Crippen LogP contribution in [0.2, 0.25) is 0 Å². The summed E-state index contributed by atoms with van der Waals surface area (Å²) in [6, 6.07) is 7.81. The zero-order valence-electron chi connectivity index (χ0n) is 10.9. The molecule has 1 aromatic carbocycles. The van der Waals surface area contributed by atoms with E-state index in [1.807, 2.05) is 31.3 Å². The summed E-state index contributed by atoms with van der Waals surface area (Å²) >= 11 is 0. The first kappa shape index (κ1) is 12.9. The van der Waals surface area contributed by atoms with Crippen molar-refractivity contribution in [3.8, 4) is 5.75 Å². The number of hydrogen-bond donors (Lipinski definition) is 2. The molecule has 1 amide bonds. The van der Waals surface area contributed by atoms with E-state index in [0.29, 0.717) is 18.9 Å². The van der Waals surface area contributed by atoms with Crippen molar-refractivity contribution in [3.63, 3.8) is 0 Å². The Labute approximate surface area is 108 Å². The van der Waals surface area contributed by atoms with Gasteiger partial charge >= 0.3 is 0 Å². The van der Waals surface area contributed by atoms with Crippen molar-refractivity contribution < 1.29 is 9.53 Å². The SMILES string of the molecule is CNCC(C)CNC(=O)C1Cc2ccccc2O1. The molecule has 2 atom stereocenters. The number of hydrogen-bond acceptors (Lipinski definition) is 3. The predicted octanol–water partition coefficient (Wildman–Crippen LogP) is 0.962. The predicted molar refractivity (Wildman–Crippen MR) is 70.7 cm³/mol. The Morgan fingerprint density at radius 1 is 1.44 bits per heavy atom. The number of carbonyl (C=O) groups is 1. The second-order valence-electron chi connectivity index (χ2n) is 4.83. The normalized spacial score (nSPS) is 18.9. The lowest BCUT2D eigenvalue weighted by molar-refractivity contribution is -0.127. The number of carbonyl (C=O) groups excluding carboxylic acids is 1. The Balaban J connectivity index is 1.82. The van der Waals surface area contributed by atoms with Crippen LogP contribution in [0.5, 0.6) is 5.75 Å². The standard InChI is InChI=1S/C14H20N2O2/c1-10(8-15-2)9-16-14(17)13-7-11-5-3-4-6-12(11)18-13/h3-6,10,13,15H,7-9H2,1-2H3,(H,16,17). The van der Waals surface area contributed by atoms with Crippen molar-refractivity contribution in [2.24, 2.45) is 5.92 Å². The van der Waals surface area contributed by atoms with Crippen LogP contribution in [0.25, 0.3) is 0 Å². The highest BCUT2D eigenvalue weighted by Crippen LogP contribution is 2.28. The summed E-state index contributed by atoms with van der Waals surface area (Å²) in [6.07, 6.45) is 0.298. The van der Waals surface area contributed by atoms with Gasteiger partial charge in [-0.2, -0.15) is 0 Å². The molecule has 0 fully saturated rings. The Morgan fingerprint density at radius 3 is 2.94 bits per heavy atom. The van der Waals surface area contributed by atoms with Crippen LogP contribution in [-0.2, 0) is 11.2 Å². The molecule has 2 rings (SSSR count). The van der Waals surface area contributed by atoms with Crippen molar-refractivity contribution >= 4 is 5.91 Å². The molecule has 2 unspecified atom stereocenters. The van der Waals surface area contributed by atoms with E-state index in [1.165, 1.54) is 0 Å². The zero-order chi connectivity index (χ0) is 13.0. The van der Waals surface area contributed by atoms with E-state index >= 15 is 0 Å². The first-order chi connectivity index (χ1) is 8.70. The smallest absolute Gasteiger partial charge is 0.261 e. The van der Waals surface area contributed by atoms with Crippen molar-refractivity contribution in [1.82, 2.24) is 10.6 Å². The first-order valence-electron chi connectivity index (χ1n) is 6.37. The Kier molecular flexibility index (Phi) is 4.20. The molecule has 0 bridgehead atoms. The monoisotopic (exact) mass is 248 g/mol. The lowest BCUT2D eigenvalue weighted by Crippen LogP contribution is -2.40. The molecular weight excluding hydrogens is 228 g/mol. The van der Waals surface area contributed by atoms with Crippen LogP contribution in [0.3, 0.4) is 0 Å². The molecule has 0 saturated heterocycles. The lowest BCUT2D eigenvalue weighted by Gasteiger charge is -2.15. The average molecular weight is 248 g/mol. The molecule has 0 aromatic heterocycles. The molecule has 1 aliphatic heterocycles.